The van der Waals surface area contributed by atoms with Gasteiger partial charge in [-0.3, -0.25) is 4.79 Å². The third-order valence-electron chi connectivity index (χ3n) is 3.27. The zero-order valence-corrected chi connectivity index (χ0v) is 13.9. The highest BCUT2D eigenvalue weighted by atomic mass is 32.2. The van der Waals surface area contributed by atoms with Gasteiger partial charge in [-0.1, -0.05) is 12.1 Å². The third kappa shape index (κ3) is 5.00. The highest BCUT2D eigenvalue weighted by Crippen LogP contribution is 2.17. The number of carbonyl (C=O) groups excluding carboxylic acids is 1. The van der Waals surface area contributed by atoms with Gasteiger partial charge in [0.1, 0.15) is 5.82 Å². The Bertz CT molecular complexity index is 705. The summed E-state index contributed by atoms with van der Waals surface area (Å²) in [5, 5.41) is 11.5. The minimum absolute atomic E-state index is 0.170. The van der Waals surface area contributed by atoms with Crippen LogP contribution in [0.1, 0.15) is 24.1 Å². The Labute approximate surface area is 134 Å². The van der Waals surface area contributed by atoms with Gasteiger partial charge >= 0.3 is 5.97 Å². The van der Waals surface area contributed by atoms with Gasteiger partial charge in [-0.05, 0) is 31.0 Å². The molecule has 0 saturated heterocycles. The summed E-state index contributed by atoms with van der Waals surface area (Å²) < 4.78 is 37.3. The quantitative estimate of drug-likeness (QED) is 0.755. The standard InChI is InChI=1S/C14H19FN2O5S/c1-4-23(21,22)17(3)8-12(18)16-13(14(19)20)10-5-6-11(15)9(2)7-10/h5-7,13H,4,8H2,1-3H3,(H,16,18)(H,19,20). The van der Waals surface area contributed by atoms with E-state index in [1.807, 2.05) is 0 Å². The fourth-order valence-corrected chi connectivity index (χ4v) is 2.62. The van der Waals surface area contributed by atoms with E-state index in [1.165, 1.54) is 33.0 Å². The first-order valence-corrected chi connectivity index (χ1v) is 8.41. The largest absolute Gasteiger partial charge is 0.479 e. The maximum absolute atomic E-state index is 13.3. The average molecular weight is 346 g/mol. The molecule has 2 N–H and O–H groups in total. The molecule has 0 bridgehead atoms. The lowest BCUT2D eigenvalue weighted by atomic mass is 10.0. The molecule has 0 aliphatic rings. The van der Waals surface area contributed by atoms with Crippen molar-refractivity contribution >= 4 is 21.9 Å². The predicted molar refractivity (Wildman–Crippen MR) is 81.7 cm³/mol. The lowest BCUT2D eigenvalue weighted by Gasteiger charge is -2.19. The number of likely N-dealkylation sites (N-methyl/N-ethyl adjacent to an activating group) is 1. The first kappa shape index (κ1) is 19.0. The van der Waals surface area contributed by atoms with Gasteiger partial charge in [0.2, 0.25) is 15.9 Å². The molecule has 1 aromatic rings. The van der Waals surface area contributed by atoms with Gasteiger partial charge in [-0.25, -0.2) is 17.6 Å². The second-order valence-corrected chi connectivity index (χ2v) is 7.37. The SMILES string of the molecule is CCS(=O)(=O)N(C)CC(=O)NC(C(=O)O)c1ccc(F)c(C)c1. The number of amides is 1. The number of carbonyl (C=O) groups is 2. The van der Waals surface area contributed by atoms with Gasteiger partial charge in [0.15, 0.2) is 6.04 Å². The van der Waals surface area contributed by atoms with Crippen molar-refractivity contribution in [3.05, 3.63) is 35.1 Å². The van der Waals surface area contributed by atoms with Crippen molar-refractivity contribution in [1.29, 1.82) is 0 Å². The minimum Gasteiger partial charge on any atom is -0.479 e. The van der Waals surface area contributed by atoms with Crippen LogP contribution in [-0.2, 0) is 19.6 Å². The summed E-state index contributed by atoms with van der Waals surface area (Å²) in [5.41, 5.74) is 0.444. The number of aryl methyl sites for hydroxylation is 1. The van der Waals surface area contributed by atoms with Crippen LogP contribution in [0.3, 0.4) is 0 Å². The number of carboxylic acids is 1. The summed E-state index contributed by atoms with van der Waals surface area (Å²) >= 11 is 0. The molecule has 1 atom stereocenters. The lowest BCUT2D eigenvalue weighted by molar-refractivity contribution is -0.142. The fraction of sp³-hybridized carbons (Fsp3) is 0.429. The lowest BCUT2D eigenvalue weighted by Crippen LogP contribution is -2.42. The van der Waals surface area contributed by atoms with Crippen molar-refractivity contribution in [3.8, 4) is 0 Å². The summed E-state index contributed by atoms with van der Waals surface area (Å²) in [6, 6.07) is 2.30. The Morgan fingerprint density at radius 2 is 2.00 bits per heavy atom. The number of carboxylic acid groups (broad SMARTS) is 1. The minimum atomic E-state index is -3.55. The van der Waals surface area contributed by atoms with Gasteiger partial charge in [0, 0.05) is 7.05 Å². The summed E-state index contributed by atoms with van der Waals surface area (Å²) in [4.78, 5) is 23.2. The number of aliphatic carboxylic acids is 1. The molecule has 1 amide bonds. The average Bonchev–Trinajstić information content (AvgIpc) is 2.47. The number of hydrogen-bond donors (Lipinski definition) is 2. The van der Waals surface area contributed by atoms with Crippen LogP contribution in [0.5, 0.6) is 0 Å². The smallest absolute Gasteiger partial charge is 0.330 e. The van der Waals surface area contributed by atoms with Crippen LogP contribution in [0.25, 0.3) is 0 Å². The van der Waals surface area contributed by atoms with E-state index >= 15 is 0 Å². The predicted octanol–water partition coefficient (Wildman–Crippen LogP) is 0.658. The molecule has 0 aliphatic heterocycles. The van der Waals surface area contributed by atoms with Gasteiger partial charge in [-0.2, -0.15) is 4.31 Å². The van der Waals surface area contributed by atoms with E-state index in [1.54, 1.807) is 0 Å². The van der Waals surface area contributed by atoms with Gasteiger partial charge in [0.05, 0.1) is 12.3 Å². The number of halogens is 1. The van der Waals surface area contributed by atoms with E-state index in [9.17, 15) is 27.5 Å². The molecule has 0 fully saturated rings. The topological polar surface area (TPSA) is 104 Å². The van der Waals surface area contributed by atoms with Crippen molar-refractivity contribution < 1.29 is 27.5 Å². The first-order valence-electron chi connectivity index (χ1n) is 6.80. The molecule has 128 valence electrons. The molecule has 0 aromatic heterocycles. The number of hydrogen-bond acceptors (Lipinski definition) is 4. The molecule has 0 spiro atoms. The summed E-state index contributed by atoms with van der Waals surface area (Å²) in [7, 11) is -2.32. The zero-order chi connectivity index (χ0) is 17.8. The van der Waals surface area contributed by atoms with Crippen LogP contribution < -0.4 is 5.32 Å². The highest BCUT2D eigenvalue weighted by Gasteiger charge is 2.25. The van der Waals surface area contributed by atoms with E-state index in [4.69, 9.17) is 0 Å². The van der Waals surface area contributed by atoms with E-state index in [-0.39, 0.29) is 16.9 Å². The molecule has 0 heterocycles. The number of nitrogens with zero attached hydrogens (tertiary/aromatic N) is 1. The number of rotatable bonds is 7. The van der Waals surface area contributed by atoms with E-state index in [0.29, 0.717) is 0 Å². The van der Waals surface area contributed by atoms with Gasteiger partial charge in [-0.15, -0.1) is 0 Å². The molecule has 1 rings (SSSR count). The van der Waals surface area contributed by atoms with E-state index in [2.05, 4.69) is 5.32 Å². The maximum Gasteiger partial charge on any atom is 0.330 e. The third-order valence-corrected chi connectivity index (χ3v) is 5.08. The van der Waals surface area contributed by atoms with Crippen LogP contribution in [-0.4, -0.2) is 49.1 Å². The molecule has 1 unspecified atom stereocenters. The van der Waals surface area contributed by atoms with Crippen molar-refractivity contribution in [3.63, 3.8) is 0 Å². The number of nitrogens with one attached hydrogen (secondary N) is 1. The Morgan fingerprint density at radius 1 is 1.39 bits per heavy atom. The second-order valence-electron chi connectivity index (χ2n) is 5.00. The Hall–Kier alpha value is -2.00. The summed E-state index contributed by atoms with van der Waals surface area (Å²) in [6.45, 7) is 2.41. The Kier molecular flexibility index (Phi) is 6.22. The number of benzene rings is 1. The van der Waals surface area contributed by atoms with E-state index in [0.717, 1.165) is 10.4 Å². The zero-order valence-electron chi connectivity index (χ0n) is 13.0. The maximum atomic E-state index is 13.3. The molecule has 7 nitrogen and oxygen atoms in total. The molecule has 23 heavy (non-hydrogen) atoms. The monoisotopic (exact) mass is 346 g/mol. The molecule has 0 aliphatic carbocycles. The van der Waals surface area contributed by atoms with Crippen molar-refractivity contribution in [1.82, 2.24) is 9.62 Å². The van der Waals surface area contributed by atoms with Crippen molar-refractivity contribution in [2.24, 2.45) is 0 Å². The molecular formula is C14H19FN2O5S. The van der Waals surface area contributed by atoms with Crippen molar-refractivity contribution in [2.45, 2.75) is 19.9 Å². The summed E-state index contributed by atoms with van der Waals surface area (Å²) in [5.74, 6) is -2.75. The summed E-state index contributed by atoms with van der Waals surface area (Å²) in [6.07, 6.45) is 0. The van der Waals surface area contributed by atoms with E-state index < -0.39 is 40.3 Å². The van der Waals surface area contributed by atoms with Crippen LogP contribution in [0.2, 0.25) is 0 Å². The molecule has 0 radical (unpaired) electrons. The van der Waals surface area contributed by atoms with Gasteiger partial charge < -0.3 is 10.4 Å². The molecule has 9 heteroatoms. The Morgan fingerprint density at radius 3 is 2.48 bits per heavy atom. The number of sulfonamides is 1. The van der Waals surface area contributed by atoms with Crippen molar-refractivity contribution in [2.75, 3.05) is 19.3 Å². The molecular weight excluding hydrogens is 327 g/mol. The van der Waals surface area contributed by atoms with Crippen LogP contribution >= 0.6 is 0 Å². The van der Waals surface area contributed by atoms with Crippen LogP contribution in [0.15, 0.2) is 18.2 Å². The van der Waals surface area contributed by atoms with Crippen LogP contribution in [0, 0.1) is 12.7 Å². The highest BCUT2D eigenvalue weighted by molar-refractivity contribution is 7.89. The second kappa shape index (κ2) is 7.51. The van der Waals surface area contributed by atoms with Gasteiger partial charge in [0.25, 0.3) is 0 Å². The van der Waals surface area contributed by atoms with Crippen LogP contribution in [0.4, 0.5) is 4.39 Å². The fourth-order valence-electron chi connectivity index (χ4n) is 1.86. The Balaban J connectivity index is 2.90. The first-order chi connectivity index (χ1) is 10.6. The normalized spacial score (nSPS) is 12.9. The molecule has 0 saturated carbocycles. The molecule has 1 aromatic carbocycles.